The van der Waals surface area contributed by atoms with Gasteiger partial charge in [0.15, 0.2) is 0 Å². The summed E-state index contributed by atoms with van der Waals surface area (Å²) in [4.78, 5) is 2.36. The zero-order valence-electron chi connectivity index (χ0n) is 13.8. The van der Waals surface area contributed by atoms with Gasteiger partial charge < -0.3 is 10.5 Å². The van der Waals surface area contributed by atoms with Crippen molar-refractivity contribution in [3.05, 3.63) is 29.8 Å². The minimum atomic E-state index is 0.204. The van der Waals surface area contributed by atoms with E-state index in [0.29, 0.717) is 18.5 Å². The van der Waals surface area contributed by atoms with Gasteiger partial charge in [-0.3, -0.25) is 4.90 Å². The van der Waals surface area contributed by atoms with Crippen LogP contribution in [0.2, 0.25) is 0 Å². The molecule has 0 fully saturated rings. The molecule has 2 N–H and O–H groups in total. The molecule has 0 aliphatic carbocycles. The zero-order chi connectivity index (χ0) is 15.3. The van der Waals surface area contributed by atoms with Gasteiger partial charge in [-0.25, -0.2) is 0 Å². The maximum absolute atomic E-state index is 5.99. The van der Waals surface area contributed by atoms with Gasteiger partial charge >= 0.3 is 0 Å². The summed E-state index contributed by atoms with van der Waals surface area (Å²) in [6.07, 6.45) is 0.204. The summed E-state index contributed by atoms with van der Waals surface area (Å²) in [6, 6.07) is 9.06. The second-order valence-corrected chi connectivity index (χ2v) is 6.14. The van der Waals surface area contributed by atoms with Crippen LogP contribution in [-0.4, -0.2) is 30.6 Å². The van der Waals surface area contributed by atoms with Gasteiger partial charge in [-0.2, -0.15) is 0 Å². The third-order valence-corrected chi connectivity index (χ3v) is 3.96. The second-order valence-electron chi connectivity index (χ2n) is 6.14. The van der Waals surface area contributed by atoms with E-state index in [2.05, 4.69) is 44.9 Å². The summed E-state index contributed by atoms with van der Waals surface area (Å²) in [6.45, 7) is 11.4. The van der Waals surface area contributed by atoms with Crippen LogP contribution >= 0.6 is 0 Å². The third-order valence-electron chi connectivity index (χ3n) is 3.96. The Balaban J connectivity index is 2.84. The van der Waals surface area contributed by atoms with E-state index in [-0.39, 0.29) is 12.1 Å². The summed E-state index contributed by atoms with van der Waals surface area (Å²) < 4.78 is 5.68. The minimum Gasteiger partial charge on any atom is -0.491 e. The van der Waals surface area contributed by atoms with Gasteiger partial charge in [0, 0.05) is 18.6 Å². The maximum Gasteiger partial charge on any atom is 0.119 e. The monoisotopic (exact) mass is 278 g/mol. The Hall–Kier alpha value is -1.06. The fourth-order valence-corrected chi connectivity index (χ4v) is 2.33. The molecule has 20 heavy (non-hydrogen) atoms. The van der Waals surface area contributed by atoms with Gasteiger partial charge in [0.25, 0.3) is 0 Å². The fourth-order valence-electron chi connectivity index (χ4n) is 2.33. The topological polar surface area (TPSA) is 38.5 Å². The third kappa shape index (κ3) is 4.50. The Labute approximate surface area is 124 Å². The highest BCUT2D eigenvalue weighted by molar-refractivity contribution is 5.29. The van der Waals surface area contributed by atoms with Crippen molar-refractivity contribution in [2.45, 2.75) is 52.8 Å². The van der Waals surface area contributed by atoms with E-state index in [9.17, 15) is 0 Å². The number of ether oxygens (including phenoxy) is 1. The summed E-state index contributed by atoms with van der Waals surface area (Å²) in [7, 11) is 2.15. The molecule has 0 heterocycles. The van der Waals surface area contributed by atoms with Crippen molar-refractivity contribution in [3.63, 3.8) is 0 Å². The normalized spacial score (nSPS) is 14.9. The smallest absolute Gasteiger partial charge is 0.119 e. The van der Waals surface area contributed by atoms with E-state index in [1.165, 1.54) is 5.56 Å². The number of likely N-dealkylation sites (N-methyl/N-ethyl adjacent to an activating group) is 1. The lowest BCUT2D eigenvalue weighted by atomic mass is 9.99. The SMILES string of the molecule is CC(C)Oc1ccc(C(CN)N(C)C(C)C(C)C)cc1. The molecule has 0 radical (unpaired) electrons. The molecule has 0 aliphatic rings. The van der Waals surface area contributed by atoms with E-state index >= 15 is 0 Å². The molecule has 114 valence electrons. The average Bonchev–Trinajstić information content (AvgIpc) is 2.39. The quantitative estimate of drug-likeness (QED) is 0.830. The molecule has 0 bridgehead atoms. The second kappa shape index (κ2) is 7.65. The first kappa shape index (κ1) is 17.0. The predicted molar refractivity (Wildman–Crippen MR) is 86.1 cm³/mol. The lowest BCUT2D eigenvalue weighted by Gasteiger charge is -2.35. The average molecular weight is 278 g/mol. The Morgan fingerprint density at radius 3 is 2.00 bits per heavy atom. The molecule has 0 amide bonds. The van der Waals surface area contributed by atoms with Gasteiger partial charge in [-0.15, -0.1) is 0 Å². The largest absolute Gasteiger partial charge is 0.491 e. The fraction of sp³-hybridized carbons (Fsp3) is 0.647. The Morgan fingerprint density at radius 1 is 1.05 bits per heavy atom. The Bertz CT molecular complexity index is 386. The molecule has 1 aromatic rings. The van der Waals surface area contributed by atoms with Crippen LogP contribution in [-0.2, 0) is 0 Å². The highest BCUT2D eigenvalue weighted by Crippen LogP contribution is 2.25. The first-order valence-electron chi connectivity index (χ1n) is 7.55. The highest BCUT2D eigenvalue weighted by Gasteiger charge is 2.22. The number of hydrogen-bond acceptors (Lipinski definition) is 3. The van der Waals surface area contributed by atoms with Gasteiger partial charge in [-0.05, 0) is 51.4 Å². The molecule has 0 aliphatic heterocycles. The Morgan fingerprint density at radius 2 is 1.60 bits per heavy atom. The first-order chi connectivity index (χ1) is 9.36. The Kier molecular flexibility index (Phi) is 6.50. The van der Waals surface area contributed by atoms with Crippen LogP contribution in [0.15, 0.2) is 24.3 Å². The van der Waals surface area contributed by atoms with Crippen LogP contribution in [0, 0.1) is 5.92 Å². The summed E-state index contributed by atoms with van der Waals surface area (Å²) >= 11 is 0. The van der Waals surface area contributed by atoms with Crippen molar-refractivity contribution in [2.75, 3.05) is 13.6 Å². The molecule has 1 rings (SSSR count). The van der Waals surface area contributed by atoms with Crippen molar-refractivity contribution in [1.29, 1.82) is 0 Å². The molecular weight excluding hydrogens is 248 g/mol. The molecule has 0 aromatic heterocycles. The van der Waals surface area contributed by atoms with Crippen LogP contribution in [0.1, 0.15) is 46.2 Å². The van der Waals surface area contributed by atoms with Crippen molar-refractivity contribution in [2.24, 2.45) is 11.7 Å². The first-order valence-corrected chi connectivity index (χ1v) is 7.55. The van der Waals surface area contributed by atoms with Crippen LogP contribution in [0.4, 0.5) is 0 Å². The van der Waals surface area contributed by atoms with E-state index in [0.717, 1.165) is 5.75 Å². The molecule has 2 unspecified atom stereocenters. The van der Waals surface area contributed by atoms with Gasteiger partial charge in [0.2, 0.25) is 0 Å². The van der Waals surface area contributed by atoms with Crippen molar-refractivity contribution >= 4 is 0 Å². The standard InChI is InChI=1S/C17H30N2O/c1-12(2)14(5)19(6)17(11-18)15-7-9-16(10-8-15)20-13(3)4/h7-10,12-14,17H,11,18H2,1-6H3. The van der Waals surface area contributed by atoms with E-state index < -0.39 is 0 Å². The van der Waals surface area contributed by atoms with Gasteiger partial charge in [0.1, 0.15) is 5.75 Å². The van der Waals surface area contributed by atoms with Gasteiger partial charge in [-0.1, -0.05) is 26.0 Å². The number of nitrogens with two attached hydrogens (primary N) is 1. The van der Waals surface area contributed by atoms with Crippen molar-refractivity contribution in [3.8, 4) is 5.75 Å². The number of benzene rings is 1. The minimum absolute atomic E-state index is 0.204. The summed E-state index contributed by atoms with van der Waals surface area (Å²) in [5.74, 6) is 1.52. The summed E-state index contributed by atoms with van der Waals surface area (Å²) in [5, 5.41) is 0. The number of nitrogens with zero attached hydrogens (tertiary/aromatic N) is 1. The molecular formula is C17H30N2O. The predicted octanol–water partition coefficient (Wildman–Crippen LogP) is 3.45. The van der Waals surface area contributed by atoms with Crippen LogP contribution < -0.4 is 10.5 Å². The lowest BCUT2D eigenvalue weighted by Crippen LogP contribution is -2.39. The molecule has 0 spiro atoms. The summed E-state index contributed by atoms with van der Waals surface area (Å²) in [5.41, 5.74) is 7.24. The molecule has 1 aromatic carbocycles. The van der Waals surface area contributed by atoms with E-state index in [4.69, 9.17) is 10.5 Å². The van der Waals surface area contributed by atoms with Crippen LogP contribution in [0.25, 0.3) is 0 Å². The van der Waals surface area contributed by atoms with E-state index in [1.54, 1.807) is 0 Å². The molecule has 3 nitrogen and oxygen atoms in total. The molecule has 2 atom stereocenters. The van der Waals surface area contributed by atoms with Crippen LogP contribution in [0.5, 0.6) is 5.75 Å². The highest BCUT2D eigenvalue weighted by atomic mass is 16.5. The molecule has 0 saturated heterocycles. The van der Waals surface area contributed by atoms with Crippen molar-refractivity contribution in [1.82, 2.24) is 4.90 Å². The lowest BCUT2D eigenvalue weighted by molar-refractivity contribution is 0.152. The number of rotatable bonds is 7. The zero-order valence-corrected chi connectivity index (χ0v) is 13.8. The molecule has 0 saturated carbocycles. The van der Waals surface area contributed by atoms with Crippen molar-refractivity contribution < 1.29 is 4.74 Å². The maximum atomic E-state index is 5.99. The van der Waals surface area contributed by atoms with Gasteiger partial charge in [0.05, 0.1) is 6.10 Å². The number of hydrogen-bond donors (Lipinski definition) is 1. The molecule has 3 heteroatoms. The van der Waals surface area contributed by atoms with Crippen LogP contribution in [0.3, 0.4) is 0 Å². The van der Waals surface area contributed by atoms with E-state index in [1.807, 2.05) is 26.0 Å².